The van der Waals surface area contributed by atoms with Crippen LogP contribution >= 0.6 is 0 Å². The highest BCUT2D eigenvalue weighted by Gasteiger charge is 2.35. The highest BCUT2D eigenvalue weighted by molar-refractivity contribution is 6.01. The van der Waals surface area contributed by atoms with E-state index in [1.807, 2.05) is 18.2 Å². The fraction of sp³-hybridized carbons (Fsp3) is 0.409. The molecule has 0 unspecified atom stereocenters. The first-order valence-corrected chi connectivity index (χ1v) is 9.78. The van der Waals surface area contributed by atoms with E-state index in [9.17, 15) is 13.6 Å². The van der Waals surface area contributed by atoms with E-state index in [1.54, 1.807) is 36.9 Å². The molecule has 2 aromatic carbocycles. The van der Waals surface area contributed by atoms with Crippen LogP contribution in [0.5, 0.6) is 5.75 Å². The number of halogens is 2. The Kier molecular flexibility index (Phi) is 5.41. The van der Waals surface area contributed by atoms with Crippen LogP contribution in [0.4, 0.5) is 14.5 Å². The Morgan fingerprint density at radius 3 is 2.62 bits per heavy atom. The number of anilines is 1. The molecular formula is C22H24F2N2O3. The van der Waals surface area contributed by atoms with Crippen LogP contribution in [0.15, 0.2) is 36.4 Å². The summed E-state index contributed by atoms with van der Waals surface area (Å²) in [5.41, 5.74) is 3.40. The van der Waals surface area contributed by atoms with E-state index in [0.29, 0.717) is 29.8 Å². The van der Waals surface area contributed by atoms with Gasteiger partial charge in [-0.05, 0) is 67.6 Å². The number of hydrogen-bond donors (Lipinski definition) is 1. The molecule has 2 aromatic rings. The normalized spacial score (nSPS) is 21.3. The van der Waals surface area contributed by atoms with Crippen molar-refractivity contribution < 1.29 is 23.0 Å². The predicted molar refractivity (Wildman–Crippen MR) is 105 cm³/mol. The van der Waals surface area contributed by atoms with Crippen molar-refractivity contribution in [2.45, 2.75) is 45.6 Å². The third-order valence-electron chi connectivity index (χ3n) is 5.45. The molecule has 5 nitrogen and oxygen atoms in total. The van der Waals surface area contributed by atoms with Gasteiger partial charge in [0.05, 0.1) is 11.7 Å². The maximum absolute atomic E-state index is 13.3. The van der Waals surface area contributed by atoms with Crippen LogP contribution in [0.1, 0.15) is 46.1 Å². The minimum atomic E-state index is -2.88. The molecule has 1 fully saturated rings. The summed E-state index contributed by atoms with van der Waals surface area (Å²) in [6.07, 6.45) is 1.48. The number of para-hydroxylation sites is 1. The molecule has 2 atom stereocenters. The van der Waals surface area contributed by atoms with Crippen molar-refractivity contribution in [1.29, 1.82) is 0 Å². The number of carbonyl (C=O) groups excluding carboxylic acids is 1. The Morgan fingerprint density at radius 1 is 1.24 bits per heavy atom. The van der Waals surface area contributed by atoms with Gasteiger partial charge < -0.3 is 19.7 Å². The number of aryl methyl sites for hydroxylation is 2. The number of nitrogens with one attached hydrogen (secondary N) is 1. The van der Waals surface area contributed by atoms with Crippen molar-refractivity contribution in [3.05, 3.63) is 58.7 Å². The zero-order valence-corrected chi connectivity index (χ0v) is 16.5. The van der Waals surface area contributed by atoms with Crippen molar-refractivity contribution in [2.24, 2.45) is 0 Å². The molecule has 0 saturated carbocycles. The Balaban J connectivity index is 1.72. The molecule has 154 valence electrons. The smallest absolute Gasteiger partial charge is 0.387 e. The standard InChI is InChI=1S/C22H24F2N2O3/c1-13-10-15(11-14(2)19(13)29-22(23)24)20-25-18-8-4-3-7-17(18)21(27)26(20)12-16-6-5-9-28-16/h3-4,7-8,10-11,16,20,22,25H,5-6,9,12H2,1-2H3/t16-,20+/m0/s1. The van der Waals surface area contributed by atoms with Gasteiger partial charge in [-0.25, -0.2) is 0 Å². The first-order valence-electron chi connectivity index (χ1n) is 9.78. The number of carbonyl (C=O) groups is 1. The summed E-state index contributed by atoms with van der Waals surface area (Å²) in [7, 11) is 0. The van der Waals surface area contributed by atoms with Gasteiger partial charge in [0.1, 0.15) is 11.9 Å². The van der Waals surface area contributed by atoms with Gasteiger partial charge in [-0.2, -0.15) is 8.78 Å². The summed E-state index contributed by atoms with van der Waals surface area (Å²) < 4.78 is 35.9. The number of rotatable bonds is 5. The molecule has 7 heteroatoms. The fourth-order valence-electron chi connectivity index (χ4n) is 4.17. The molecule has 2 heterocycles. The number of ether oxygens (including phenoxy) is 2. The monoisotopic (exact) mass is 402 g/mol. The Labute approximate surface area is 168 Å². The topological polar surface area (TPSA) is 50.8 Å². The third-order valence-corrected chi connectivity index (χ3v) is 5.45. The van der Waals surface area contributed by atoms with Crippen LogP contribution in [0.25, 0.3) is 0 Å². The minimum Gasteiger partial charge on any atom is -0.434 e. The second kappa shape index (κ2) is 7.99. The summed E-state index contributed by atoms with van der Waals surface area (Å²) in [5, 5.41) is 3.44. The van der Waals surface area contributed by atoms with E-state index in [0.717, 1.165) is 24.1 Å². The summed E-state index contributed by atoms with van der Waals surface area (Å²) in [6, 6.07) is 11.0. The van der Waals surface area contributed by atoms with E-state index < -0.39 is 12.8 Å². The Bertz CT molecular complexity index is 890. The van der Waals surface area contributed by atoms with Crippen LogP contribution in [-0.2, 0) is 4.74 Å². The number of alkyl halides is 2. The van der Waals surface area contributed by atoms with Crippen LogP contribution in [0.3, 0.4) is 0 Å². The number of nitrogens with zero attached hydrogens (tertiary/aromatic N) is 1. The molecule has 1 saturated heterocycles. The van der Waals surface area contributed by atoms with E-state index in [4.69, 9.17) is 4.74 Å². The van der Waals surface area contributed by atoms with Crippen molar-refractivity contribution in [1.82, 2.24) is 4.90 Å². The Morgan fingerprint density at radius 2 is 1.97 bits per heavy atom. The molecule has 0 bridgehead atoms. The van der Waals surface area contributed by atoms with Gasteiger partial charge in [-0.3, -0.25) is 4.79 Å². The van der Waals surface area contributed by atoms with Gasteiger partial charge in [0.2, 0.25) is 0 Å². The SMILES string of the molecule is Cc1cc([C@@H]2Nc3ccccc3C(=O)N2C[C@@H]2CCCO2)cc(C)c1OC(F)F. The lowest BCUT2D eigenvalue weighted by Gasteiger charge is -2.39. The lowest BCUT2D eigenvalue weighted by atomic mass is 9.99. The number of fused-ring (bicyclic) bond motifs is 1. The zero-order valence-electron chi connectivity index (χ0n) is 16.5. The molecule has 29 heavy (non-hydrogen) atoms. The van der Waals surface area contributed by atoms with E-state index >= 15 is 0 Å². The van der Waals surface area contributed by atoms with Crippen molar-refractivity contribution in [3.63, 3.8) is 0 Å². The quantitative estimate of drug-likeness (QED) is 0.791. The molecular weight excluding hydrogens is 378 g/mol. The lowest BCUT2D eigenvalue weighted by molar-refractivity contribution is -0.0507. The summed E-state index contributed by atoms with van der Waals surface area (Å²) >= 11 is 0. The van der Waals surface area contributed by atoms with Gasteiger partial charge in [0.25, 0.3) is 5.91 Å². The molecule has 2 aliphatic rings. The molecule has 4 rings (SSSR count). The number of hydrogen-bond acceptors (Lipinski definition) is 4. The van der Waals surface area contributed by atoms with E-state index in [2.05, 4.69) is 10.1 Å². The average molecular weight is 402 g/mol. The van der Waals surface area contributed by atoms with E-state index in [-0.39, 0.29) is 17.8 Å². The van der Waals surface area contributed by atoms with Gasteiger partial charge in [-0.15, -0.1) is 0 Å². The zero-order chi connectivity index (χ0) is 20.5. The maximum Gasteiger partial charge on any atom is 0.387 e. The van der Waals surface area contributed by atoms with Crippen molar-refractivity contribution >= 4 is 11.6 Å². The molecule has 0 aromatic heterocycles. The first-order chi connectivity index (χ1) is 13.9. The van der Waals surface area contributed by atoms with Crippen LogP contribution in [0.2, 0.25) is 0 Å². The summed E-state index contributed by atoms with van der Waals surface area (Å²) in [6.45, 7) is 1.77. The lowest BCUT2D eigenvalue weighted by Crippen LogP contribution is -2.46. The third kappa shape index (κ3) is 3.92. The highest BCUT2D eigenvalue weighted by atomic mass is 19.3. The minimum absolute atomic E-state index is 0.00264. The van der Waals surface area contributed by atoms with Crippen LogP contribution < -0.4 is 10.1 Å². The number of amides is 1. The maximum atomic E-state index is 13.3. The van der Waals surface area contributed by atoms with Gasteiger partial charge in [0, 0.05) is 18.8 Å². The molecule has 1 N–H and O–H groups in total. The Hall–Kier alpha value is -2.67. The summed E-state index contributed by atoms with van der Waals surface area (Å²) in [5.74, 6) is 0.111. The number of benzene rings is 2. The first kappa shape index (κ1) is 19.6. The van der Waals surface area contributed by atoms with Crippen LogP contribution in [0, 0.1) is 13.8 Å². The average Bonchev–Trinajstić information content (AvgIpc) is 3.20. The molecule has 0 aliphatic carbocycles. The van der Waals surface area contributed by atoms with Gasteiger partial charge in [0.15, 0.2) is 0 Å². The second-order valence-electron chi connectivity index (χ2n) is 7.55. The molecule has 1 amide bonds. The van der Waals surface area contributed by atoms with Crippen molar-refractivity contribution in [2.75, 3.05) is 18.5 Å². The predicted octanol–water partition coefficient (Wildman–Crippen LogP) is 4.65. The van der Waals surface area contributed by atoms with Crippen LogP contribution in [-0.4, -0.2) is 36.7 Å². The summed E-state index contributed by atoms with van der Waals surface area (Å²) in [4.78, 5) is 15.1. The molecule has 2 aliphatic heterocycles. The molecule has 0 radical (unpaired) electrons. The van der Waals surface area contributed by atoms with Gasteiger partial charge in [-0.1, -0.05) is 12.1 Å². The molecule has 0 spiro atoms. The largest absolute Gasteiger partial charge is 0.434 e. The second-order valence-corrected chi connectivity index (χ2v) is 7.55. The highest BCUT2D eigenvalue weighted by Crippen LogP contribution is 2.37. The van der Waals surface area contributed by atoms with Gasteiger partial charge >= 0.3 is 6.61 Å². The van der Waals surface area contributed by atoms with E-state index in [1.165, 1.54) is 0 Å². The fourth-order valence-corrected chi connectivity index (χ4v) is 4.17. The van der Waals surface area contributed by atoms with Crippen molar-refractivity contribution in [3.8, 4) is 5.75 Å².